The number of nitrogens with zero attached hydrogens (tertiary/aromatic N) is 1. The summed E-state index contributed by atoms with van der Waals surface area (Å²) in [7, 11) is 0. The highest BCUT2D eigenvalue weighted by Crippen LogP contribution is 2.24. The molecule has 0 aliphatic rings. The van der Waals surface area contributed by atoms with E-state index in [4.69, 9.17) is 33.0 Å². The van der Waals surface area contributed by atoms with Gasteiger partial charge in [-0.2, -0.15) is 0 Å². The molecule has 1 aromatic carbocycles. The minimum atomic E-state index is -0.862. The van der Waals surface area contributed by atoms with Crippen molar-refractivity contribution in [2.75, 3.05) is 6.54 Å². The first-order valence-electron chi connectivity index (χ1n) is 7.47. The third-order valence-corrected chi connectivity index (χ3v) is 4.10. The van der Waals surface area contributed by atoms with Crippen LogP contribution in [0.1, 0.15) is 18.1 Å². The zero-order chi connectivity index (χ0) is 17.5. The van der Waals surface area contributed by atoms with Crippen molar-refractivity contribution in [3.05, 3.63) is 57.8 Å². The molecule has 0 fully saturated rings. The molecular formula is C17H18Cl2N2O3. The summed E-state index contributed by atoms with van der Waals surface area (Å²) in [5, 5.41) is 13.0. The van der Waals surface area contributed by atoms with Crippen molar-refractivity contribution in [2.45, 2.75) is 26.0 Å². The third kappa shape index (κ3) is 5.09. The maximum Gasteiger partial charge on any atom is 0.321 e. The smallest absolute Gasteiger partial charge is 0.321 e. The van der Waals surface area contributed by atoms with Crippen molar-refractivity contribution in [3.63, 3.8) is 0 Å². The van der Waals surface area contributed by atoms with Crippen molar-refractivity contribution in [1.29, 1.82) is 0 Å². The molecule has 0 amide bonds. The molecule has 0 radical (unpaired) electrons. The quantitative estimate of drug-likeness (QED) is 0.744. The summed E-state index contributed by atoms with van der Waals surface area (Å²) >= 11 is 12.1. The first-order valence-corrected chi connectivity index (χ1v) is 8.22. The van der Waals surface area contributed by atoms with Crippen LogP contribution in [0.2, 0.25) is 10.0 Å². The number of carboxylic acid groups (broad SMARTS) is 1. The molecule has 0 spiro atoms. The lowest BCUT2D eigenvalue weighted by Gasteiger charge is -2.14. The summed E-state index contributed by atoms with van der Waals surface area (Å²) in [6, 6.07) is 6.68. The molecule has 0 unspecified atom stereocenters. The van der Waals surface area contributed by atoms with Crippen molar-refractivity contribution < 1.29 is 14.6 Å². The van der Waals surface area contributed by atoms with Crippen LogP contribution in [-0.4, -0.2) is 28.6 Å². The van der Waals surface area contributed by atoms with Gasteiger partial charge in [0.1, 0.15) is 18.4 Å². The second-order valence-electron chi connectivity index (χ2n) is 5.17. The SMILES string of the molecule is CCN[C@@H](Cc1ccc(OCc2c(Cl)cncc2Cl)cc1)C(=O)O. The van der Waals surface area contributed by atoms with Crippen LogP contribution in [0.25, 0.3) is 0 Å². The van der Waals surface area contributed by atoms with Gasteiger partial charge >= 0.3 is 5.97 Å². The van der Waals surface area contributed by atoms with E-state index in [2.05, 4.69) is 10.3 Å². The molecule has 128 valence electrons. The molecule has 7 heteroatoms. The van der Waals surface area contributed by atoms with Crippen molar-refractivity contribution in [3.8, 4) is 5.75 Å². The highest BCUT2D eigenvalue weighted by atomic mass is 35.5. The van der Waals surface area contributed by atoms with Gasteiger partial charge in [-0.1, -0.05) is 42.3 Å². The van der Waals surface area contributed by atoms with Gasteiger partial charge in [0.25, 0.3) is 0 Å². The molecule has 0 saturated carbocycles. The van der Waals surface area contributed by atoms with Gasteiger partial charge in [0.2, 0.25) is 0 Å². The number of carbonyl (C=O) groups is 1. The van der Waals surface area contributed by atoms with E-state index >= 15 is 0 Å². The number of carboxylic acids is 1. The highest BCUT2D eigenvalue weighted by molar-refractivity contribution is 6.35. The van der Waals surface area contributed by atoms with Gasteiger partial charge in [-0.3, -0.25) is 9.78 Å². The van der Waals surface area contributed by atoms with Crippen LogP contribution in [0.4, 0.5) is 0 Å². The van der Waals surface area contributed by atoms with E-state index in [1.54, 1.807) is 12.1 Å². The number of benzene rings is 1. The van der Waals surface area contributed by atoms with Crippen molar-refractivity contribution in [2.24, 2.45) is 0 Å². The van der Waals surface area contributed by atoms with Crippen molar-refractivity contribution in [1.82, 2.24) is 10.3 Å². The Bertz CT molecular complexity index is 672. The normalized spacial score (nSPS) is 12.0. The number of aliphatic carboxylic acids is 1. The molecule has 24 heavy (non-hydrogen) atoms. The molecule has 1 aromatic heterocycles. The van der Waals surface area contributed by atoms with E-state index < -0.39 is 12.0 Å². The van der Waals surface area contributed by atoms with Gasteiger partial charge in [-0.25, -0.2) is 0 Å². The van der Waals surface area contributed by atoms with Gasteiger partial charge < -0.3 is 15.2 Å². The van der Waals surface area contributed by atoms with Gasteiger partial charge in [0.05, 0.1) is 10.0 Å². The number of pyridine rings is 1. The Kier molecular flexibility index (Phi) is 6.85. The molecule has 0 aliphatic heterocycles. The number of aromatic nitrogens is 1. The van der Waals surface area contributed by atoms with Gasteiger partial charge in [0.15, 0.2) is 0 Å². The zero-order valence-electron chi connectivity index (χ0n) is 13.1. The lowest BCUT2D eigenvalue weighted by Crippen LogP contribution is -2.38. The first kappa shape index (κ1) is 18.5. The Morgan fingerprint density at radius 2 is 1.88 bits per heavy atom. The number of ether oxygens (including phenoxy) is 1. The molecule has 0 aliphatic carbocycles. The van der Waals surface area contributed by atoms with E-state index in [1.807, 2.05) is 19.1 Å². The second kappa shape index (κ2) is 8.87. The summed E-state index contributed by atoms with van der Waals surface area (Å²) in [6.45, 7) is 2.71. The predicted molar refractivity (Wildman–Crippen MR) is 93.8 cm³/mol. The maximum atomic E-state index is 11.2. The summed E-state index contributed by atoms with van der Waals surface area (Å²) in [5.41, 5.74) is 1.59. The summed E-state index contributed by atoms with van der Waals surface area (Å²) in [5.74, 6) is -0.211. The average molecular weight is 369 g/mol. The van der Waals surface area contributed by atoms with Crippen LogP contribution >= 0.6 is 23.2 Å². The average Bonchev–Trinajstić information content (AvgIpc) is 2.55. The highest BCUT2D eigenvalue weighted by Gasteiger charge is 2.16. The molecule has 1 atom stereocenters. The Morgan fingerprint density at radius 3 is 2.42 bits per heavy atom. The van der Waals surface area contributed by atoms with Gasteiger partial charge in [0, 0.05) is 18.0 Å². The summed E-state index contributed by atoms with van der Waals surface area (Å²) in [4.78, 5) is 15.1. The first-order chi connectivity index (χ1) is 11.5. The number of hydrogen-bond acceptors (Lipinski definition) is 4. The number of rotatable bonds is 8. The molecule has 1 heterocycles. The van der Waals surface area contributed by atoms with Crippen LogP contribution in [0.5, 0.6) is 5.75 Å². The third-order valence-electron chi connectivity index (χ3n) is 3.45. The van der Waals surface area contributed by atoms with Crippen LogP contribution in [0.3, 0.4) is 0 Å². The van der Waals surface area contributed by atoms with Gasteiger partial charge in [-0.05, 0) is 30.7 Å². The fourth-order valence-corrected chi connectivity index (χ4v) is 2.66. The molecule has 2 N–H and O–H groups in total. The Morgan fingerprint density at radius 1 is 1.25 bits per heavy atom. The molecule has 0 saturated heterocycles. The largest absolute Gasteiger partial charge is 0.489 e. The topological polar surface area (TPSA) is 71.5 Å². The maximum absolute atomic E-state index is 11.2. The Balaban J connectivity index is 1.98. The fourth-order valence-electron chi connectivity index (χ4n) is 2.18. The molecule has 2 aromatic rings. The van der Waals surface area contributed by atoms with E-state index in [-0.39, 0.29) is 6.61 Å². The Hall–Kier alpha value is -1.82. The van der Waals surface area contributed by atoms with E-state index in [0.29, 0.717) is 34.3 Å². The van der Waals surface area contributed by atoms with Crippen molar-refractivity contribution >= 4 is 29.2 Å². The minimum Gasteiger partial charge on any atom is -0.489 e. The second-order valence-corrected chi connectivity index (χ2v) is 5.98. The lowest BCUT2D eigenvalue weighted by molar-refractivity contribution is -0.139. The summed E-state index contributed by atoms with van der Waals surface area (Å²) in [6.07, 6.45) is 3.44. The minimum absolute atomic E-state index is 0.231. The van der Waals surface area contributed by atoms with Crippen LogP contribution in [0.15, 0.2) is 36.7 Å². The van der Waals surface area contributed by atoms with Gasteiger partial charge in [-0.15, -0.1) is 0 Å². The zero-order valence-corrected chi connectivity index (χ0v) is 14.6. The van der Waals surface area contributed by atoms with Crippen LogP contribution in [0, 0.1) is 0 Å². The van der Waals surface area contributed by atoms with Crippen LogP contribution in [-0.2, 0) is 17.8 Å². The number of likely N-dealkylation sites (N-methyl/N-ethyl adjacent to an activating group) is 1. The summed E-state index contributed by atoms with van der Waals surface area (Å²) < 4.78 is 5.68. The Labute approximate surface area is 150 Å². The number of halogens is 2. The van der Waals surface area contributed by atoms with Crippen LogP contribution < -0.4 is 10.1 Å². The standard InChI is InChI=1S/C17H18Cl2N2O3/c1-2-21-16(17(22)23)7-11-3-5-12(6-4-11)24-10-13-14(18)8-20-9-15(13)19/h3-6,8-9,16,21H,2,7,10H2,1H3,(H,22,23)/t16-/m0/s1. The lowest BCUT2D eigenvalue weighted by atomic mass is 10.1. The molecule has 2 rings (SSSR count). The molecule has 5 nitrogen and oxygen atoms in total. The number of nitrogens with one attached hydrogen (secondary N) is 1. The molecular weight excluding hydrogens is 351 g/mol. The fraction of sp³-hybridized carbons (Fsp3) is 0.294. The van der Waals surface area contributed by atoms with E-state index in [9.17, 15) is 4.79 Å². The number of hydrogen-bond donors (Lipinski definition) is 2. The van der Waals surface area contributed by atoms with E-state index in [1.165, 1.54) is 12.4 Å². The molecule has 0 bridgehead atoms. The predicted octanol–water partition coefficient (Wildman–Crippen LogP) is 3.57. The van der Waals surface area contributed by atoms with E-state index in [0.717, 1.165) is 5.56 Å². The monoisotopic (exact) mass is 368 g/mol.